The lowest BCUT2D eigenvalue weighted by Gasteiger charge is -2.64. The summed E-state index contributed by atoms with van der Waals surface area (Å²) in [6.07, 6.45) is 7.70. The van der Waals surface area contributed by atoms with E-state index in [-0.39, 0.29) is 60.1 Å². The van der Waals surface area contributed by atoms with E-state index < -0.39 is 52.4 Å². The Balaban J connectivity index is 1.21. The fourth-order valence-electron chi connectivity index (χ4n) is 13.2. The molecule has 3 saturated carbocycles. The molecule has 10 aliphatic rings. The lowest BCUT2D eigenvalue weighted by Crippen LogP contribution is -2.66. The number of hydrogen-bond donors (Lipinski definition) is 4. The van der Waals surface area contributed by atoms with Gasteiger partial charge in [0.1, 0.15) is 18.8 Å². The van der Waals surface area contributed by atoms with Crippen molar-refractivity contribution in [3.8, 4) is 23.7 Å². The van der Waals surface area contributed by atoms with Crippen molar-refractivity contribution < 1.29 is 39.4 Å². The molecule has 0 aromatic heterocycles. The molecule has 0 amide bonds. The highest BCUT2D eigenvalue weighted by Crippen LogP contribution is 2.72. The zero-order chi connectivity index (χ0) is 37.0. The van der Waals surface area contributed by atoms with Crippen molar-refractivity contribution >= 4 is 5.78 Å². The topological polar surface area (TPSA) is 126 Å². The van der Waals surface area contributed by atoms with Crippen LogP contribution in [0.3, 0.4) is 0 Å². The maximum Gasteiger partial charge on any atom is 0.170 e. The Morgan fingerprint density at radius 3 is 2.60 bits per heavy atom. The standard InChI is InChI=1S/C45H54O8/c1-41-19-15-30-23-35(41)36(47)24-34-33(41)22-29-13-7-17-44(50)18-8-14-31-32(25-46)38(53-40(31)44)39(48)43(3,49)37-16-20-45(34,42(29,37)2)52-21-9-12-28(26-51-30)27-10-5-4-6-11-27/h4-6,8,10-11,18,24,28-33,35,37-40,46,48-50H,13-16,19-23,25-26H2,1-3H3/t28-,29+,30-,31+,32+,33-,35-,37-,38-,39+,40-,41+,42+,43-,44-,45+/m0/s1. The van der Waals surface area contributed by atoms with E-state index in [1.54, 1.807) is 13.0 Å². The number of ether oxygens (including phenoxy) is 3. The Morgan fingerprint density at radius 1 is 1.00 bits per heavy atom. The molecule has 8 nitrogen and oxygen atoms in total. The average Bonchev–Trinajstić information content (AvgIpc) is 3.69. The molecule has 8 bridgehead atoms. The van der Waals surface area contributed by atoms with E-state index in [1.165, 1.54) is 0 Å². The van der Waals surface area contributed by atoms with Crippen LogP contribution in [-0.2, 0) is 19.0 Å². The number of benzene rings is 1. The van der Waals surface area contributed by atoms with Crippen LogP contribution < -0.4 is 0 Å². The summed E-state index contributed by atoms with van der Waals surface area (Å²) in [6.45, 7) is 6.51. The maximum absolute atomic E-state index is 14.5. The number of aliphatic hydroxyl groups excluding tert-OH is 2. The highest BCUT2D eigenvalue weighted by Gasteiger charge is 2.73. The first kappa shape index (κ1) is 35.9. The van der Waals surface area contributed by atoms with Crippen LogP contribution in [-0.4, -0.2) is 87.2 Å². The molecular weight excluding hydrogens is 668 g/mol. The van der Waals surface area contributed by atoms with Crippen LogP contribution in [0.15, 0.2) is 54.1 Å². The van der Waals surface area contributed by atoms with Gasteiger partial charge in [-0.05, 0) is 98.3 Å². The van der Waals surface area contributed by atoms with E-state index in [0.717, 1.165) is 30.4 Å². The predicted molar refractivity (Wildman–Crippen MR) is 197 cm³/mol. The van der Waals surface area contributed by atoms with Gasteiger partial charge in [-0.25, -0.2) is 0 Å². The zero-order valence-electron chi connectivity index (χ0n) is 31.2. The summed E-state index contributed by atoms with van der Waals surface area (Å²) in [4.78, 5) is 14.5. The predicted octanol–water partition coefficient (Wildman–Crippen LogP) is 4.50. The van der Waals surface area contributed by atoms with Crippen LogP contribution in [0.5, 0.6) is 0 Å². The van der Waals surface area contributed by atoms with Crippen LogP contribution in [0.4, 0.5) is 0 Å². The molecule has 1 aromatic carbocycles. The summed E-state index contributed by atoms with van der Waals surface area (Å²) in [6, 6.07) is 10.2. The Bertz CT molecular complexity index is 1830. The summed E-state index contributed by atoms with van der Waals surface area (Å²) < 4.78 is 20.3. The summed E-state index contributed by atoms with van der Waals surface area (Å²) >= 11 is 0. The molecule has 4 fully saturated rings. The molecule has 11 rings (SSSR count). The molecule has 1 spiro atoms. The van der Waals surface area contributed by atoms with E-state index in [9.17, 15) is 25.2 Å². The summed E-state index contributed by atoms with van der Waals surface area (Å²) in [7, 11) is 0. The van der Waals surface area contributed by atoms with Crippen molar-refractivity contribution in [2.75, 3.05) is 19.8 Å². The highest BCUT2D eigenvalue weighted by atomic mass is 16.5. The smallest absolute Gasteiger partial charge is 0.170 e. The van der Waals surface area contributed by atoms with Crippen molar-refractivity contribution in [3.05, 3.63) is 59.7 Å². The third-order valence-corrected chi connectivity index (χ3v) is 16.0. The Hall–Kier alpha value is -2.79. The van der Waals surface area contributed by atoms with Crippen molar-refractivity contribution in [3.63, 3.8) is 0 Å². The van der Waals surface area contributed by atoms with E-state index >= 15 is 0 Å². The number of rotatable bonds is 2. The molecule has 0 radical (unpaired) electrons. The van der Waals surface area contributed by atoms with Crippen LogP contribution >= 0.6 is 0 Å². The Morgan fingerprint density at radius 2 is 1.81 bits per heavy atom. The normalized spacial score (nSPS) is 51.0. The molecule has 1 aromatic rings. The van der Waals surface area contributed by atoms with Crippen molar-refractivity contribution in [1.29, 1.82) is 0 Å². The first-order chi connectivity index (χ1) is 25.4. The third-order valence-electron chi connectivity index (χ3n) is 16.0. The quantitative estimate of drug-likeness (QED) is 0.260. The lowest BCUT2D eigenvalue weighted by molar-refractivity contribution is -0.221. The number of ketones is 1. The SMILES string of the molecule is C[C@@]1(O)[C@H](O)[C@H]2O[C@H]3[C@H](CC=C[C@@]3(O)C#CC[C@@H]3C[C@H]4C5=CC(=O)[C@@H]6C[C@H](CC[C@@]64C)OC[C@@H](c4ccccc4)C#CCO[C@]54CC[C@H]1[C@@]34C)[C@H]2CO. The number of carbonyl (C=O) groups excluding carboxylic acids is 1. The minimum atomic E-state index is -1.67. The Labute approximate surface area is 313 Å². The van der Waals surface area contributed by atoms with Gasteiger partial charge in [0.2, 0.25) is 0 Å². The van der Waals surface area contributed by atoms with Gasteiger partial charge < -0.3 is 34.6 Å². The number of fused-ring (bicyclic) bond motifs is 3. The van der Waals surface area contributed by atoms with E-state index in [0.29, 0.717) is 38.7 Å². The number of aliphatic hydroxyl groups is 4. The second-order valence-corrected chi connectivity index (χ2v) is 18.2. The molecule has 0 unspecified atom stereocenters. The molecule has 4 N–H and O–H groups in total. The van der Waals surface area contributed by atoms with Crippen molar-refractivity contribution in [2.24, 2.45) is 46.3 Å². The minimum absolute atomic E-state index is 0.0323. The first-order valence-corrected chi connectivity index (χ1v) is 20.0. The monoisotopic (exact) mass is 722 g/mol. The highest BCUT2D eigenvalue weighted by molar-refractivity contribution is 5.95. The molecule has 5 aliphatic heterocycles. The van der Waals surface area contributed by atoms with E-state index in [4.69, 9.17) is 14.2 Å². The molecule has 5 aliphatic carbocycles. The van der Waals surface area contributed by atoms with E-state index in [2.05, 4.69) is 49.7 Å². The van der Waals surface area contributed by atoms with Gasteiger partial charge in [0.05, 0.1) is 35.9 Å². The fraction of sp³-hybridized carbons (Fsp3) is 0.667. The van der Waals surface area contributed by atoms with Crippen molar-refractivity contribution in [2.45, 2.75) is 119 Å². The van der Waals surface area contributed by atoms with Gasteiger partial charge in [-0.1, -0.05) is 73.9 Å². The second-order valence-electron chi connectivity index (χ2n) is 18.2. The Kier molecular flexibility index (Phi) is 8.54. The van der Waals surface area contributed by atoms with Gasteiger partial charge in [0.15, 0.2) is 11.4 Å². The van der Waals surface area contributed by atoms with Gasteiger partial charge in [-0.15, -0.1) is 0 Å². The first-order valence-electron chi connectivity index (χ1n) is 20.0. The molecule has 5 heterocycles. The second kappa shape index (κ2) is 12.6. The van der Waals surface area contributed by atoms with E-state index in [1.807, 2.05) is 30.4 Å². The minimum Gasteiger partial charge on any atom is -0.396 e. The van der Waals surface area contributed by atoms with Gasteiger partial charge in [0, 0.05) is 36.2 Å². The van der Waals surface area contributed by atoms with Crippen LogP contribution in [0, 0.1) is 70.0 Å². The number of hydrogen-bond acceptors (Lipinski definition) is 8. The van der Waals surface area contributed by atoms with Gasteiger partial charge >= 0.3 is 0 Å². The van der Waals surface area contributed by atoms with Gasteiger partial charge in [0.25, 0.3) is 0 Å². The maximum atomic E-state index is 14.5. The molecule has 16 atom stereocenters. The van der Waals surface area contributed by atoms with Crippen LogP contribution in [0.2, 0.25) is 0 Å². The molecular formula is C45H54O8. The fourth-order valence-corrected chi connectivity index (χ4v) is 13.2. The number of carbonyl (C=O) groups is 1. The average molecular weight is 723 g/mol. The summed E-state index contributed by atoms with van der Waals surface area (Å²) in [5, 5.41) is 47.9. The van der Waals surface area contributed by atoms with Gasteiger partial charge in [-0.2, -0.15) is 0 Å². The third kappa shape index (κ3) is 5.06. The largest absolute Gasteiger partial charge is 0.396 e. The zero-order valence-corrected chi connectivity index (χ0v) is 31.2. The molecule has 1 saturated heterocycles. The number of allylic oxidation sites excluding steroid dienone is 2. The molecule has 8 heteroatoms. The lowest BCUT2D eigenvalue weighted by atomic mass is 9.42. The van der Waals surface area contributed by atoms with Gasteiger partial charge in [-0.3, -0.25) is 4.79 Å². The molecule has 282 valence electrons. The van der Waals surface area contributed by atoms with Crippen LogP contribution in [0.25, 0.3) is 0 Å². The van der Waals surface area contributed by atoms with Crippen LogP contribution in [0.1, 0.15) is 83.6 Å². The van der Waals surface area contributed by atoms with Crippen molar-refractivity contribution in [1.82, 2.24) is 0 Å². The summed E-state index contributed by atoms with van der Waals surface area (Å²) in [5.74, 6) is 12.0. The summed E-state index contributed by atoms with van der Waals surface area (Å²) in [5.41, 5.74) is -3.22. The molecule has 53 heavy (non-hydrogen) atoms.